The highest BCUT2D eigenvalue weighted by molar-refractivity contribution is 7.14. The lowest BCUT2D eigenvalue weighted by atomic mass is 10.1. The minimum atomic E-state index is 0.690. The number of anilines is 1. The van der Waals surface area contributed by atoms with Crippen LogP contribution in [0, 0.1) is 6.92 Å². The molecule has 0 spiro atoms. The molecule has 0 aliphatic carbocycles. The first-order chi connectivity index (χ1) is 8.68. The molecule has 1 aliphatic heterocycles. The van der Waals surface area contributed by atoms with Gasteiger partial charge in [0.15, 0.2) is 0 Å². The summed E-state index contributed by atoms with van der Waals surface area (Å²) in [7, 11) is 2.21. The summed E-state index contributed by atoms with van der Waals surface area (Å²) in [6.07, 6.45) is 1.24. The van der Waals surface area contributed by atoms with Gasteiger partial charge in [-0.3, -0.25) is 4.90 Å². The molecule has 2 rings (SSSR count). The van der Waals surface area contributed by atoms with E-state index < -0.39 is 0 Å². The van der Waals surface area contributed by atoms with Crippen LogP contribution in [-0.4, -0.2) is 50.7 Å². The van der Waals surface area contributed by atoms with Crippen molar-refractivity contribution >= 4 is 16.3 Å². The monoisotopic (exact) mass is 267 g/mol. The Morgan fingerprint density at radius 1 is 1.44 bits per heavy atom. The van der Waals surface area contributed by atoms with Crippen molar-refractivity contribution in [2.75, 3.05) is 44.7 Å². The molecule has 3 nitrogen and oxygen atoms in total. The molecular formula is C14H25N3S. The Hall–Kier alpha value is -0.580. The second-order valence-corrected chi connectivity index (χ2v) is 6.15. The number of piperazine rings is 1. The maximum Gasteiger partial charge on any atom is 0.0935 e. The number of thiophene rings is 1. The zero-order chi connectivity index (χ0) is 13.0. The van der Waals surface area contributed by atoms with Gasteiger partial charge in [-0.25, -0.2) is 0 Å². The third-order valence-corrected chi connectivity index (χ3v) is 4.97. The van der Waals surface area contributed by atoms with Gasteiger partial charge in [-0.2, -0.15) is 0 Å². The van der Waals surface area contributed by atoms with Crippen molar-refractivity contribution in [3.05, 3.63) is 17.0 Å². The van der Waals surface area contributed by atoms with Crippen molar-refractivity contribution in [2.45, 2.75) is 26.3 Å². The molecule has 1 atom stereocenters. The van der Waals surface area contributed by atoms with Crippen molar-refractivity contribution in [3.63, 3.8) is 0 Å². The van der Waals surface area contributed by atoms with Crippen LogP contribution in [0.15, 0.2) is 11.4 Å². The molecule has 102 valence electrons. The van der Waals surface area contributed by atoms with E-state index in [4.69, 9.17) is 0 Å². The molecule has 1 unspecified atom stereocenters. The van der Waals surface area contributed by atoms with Gasteiger partial charge in [0.05, 0.1) is 5.00 Å². The molecule has 18 heavy (non-hydrogen) atoms. The topological polar surface area (TPSA) is 18.5 Å². The Balaban J connectivity index is 1.78. The Bertz CT molecular complexity index is 358. The molecule has 0 bridgehead atoms. The fourth-order valence-electron chi connectivity index (χ4n) is 2.54. The maximum absolute atomic E-state index is 3.41. The summed E-state index contributed by atoms with van der Waals surface area (Å²) in [4.78, 5) is 5.00. The predicted molar refractivity (Wildman–Crippen MR) is 80.8 cm³/mol. The summed E-state index contributed by atoms with van der Waals surface area (Å²) in [5.41, 5.74) is 1.40. The summed E-state index contributed by atoms with van der Waals surface area (Å²) < 4.78 is 0. The molecule has 0 radical (unpaired) electrons. The molecular weight excluding hydrogens is 242 g/mol. The summed E-state index contributed by atoms with van der Waals surface area (Å²) in [6.45, 7) is 10.4. The van der Waals surface area contributed by atoms with E-state index in [0.717, 1.165) is 19.6 Å². The molecule has 1 aromatic rings. The molecule has 0 saturated carbocycles. The molecule has 1 N–H and O–H groups in total. The van der Waals surface area contributed by atoms with Gasteiger partial charge in [0, 0.05) is 45.8 Å². The normalized spacial score (nSPS) is 18.8. The van der Waals surface area contributed by atoms with Crippen LogP contribution in [-0.2, 0) is 0 Å². The lowest BCUT2D eigenvalue weighted by molar-refractivity contribution is 0.178. The fourth-order valence-corrected chi connectivity index (χ4v) is 3.47. The lowest BCUT2D eigenvalue weighted by Crippen LogP contribution is -2.48. The van der Waals surface area contributed by atoms with Gasteiger partial charge in [0.25, 0.3) is 0 Å². The molecule has 1 aliphatic rings. The lowest BCUT2D eigenvalue weighted by Gasteiger charge is -2.33. The first-order valence-corrected chi connectivity index (χ1v) is 7.76. The average Bonchev–Trinajstić information content (AvgIpc) is 2.83. The maximum atomic E-state index is 3.41. The number of hydrogen-bond acceptors (Lipinski definition) is 4. The van der Waals surface area contributed by atoms with E-state index in [1.807, 2.05) is 11.3 Å². The highest BCUT2D eigenvalue weighted by atomic mass is 32.1. The van der Waals surface area contributed by atoms with Crippen molar-refractivity contribution < 1.29 is 0 Å². The third-order valence-electron chi connectivity index (χ3n) is 3.84. The van der Waals surface area contributed by atoms with Crippen LogP contribution >= 0.6 is 11.3 Å². The fraction of sp³-hybridized carbons (Fsp3) is 0.714. The summed E-state index contributed by atoms with van der Waals surface area (Å²) in [6, 6.07) is 2.89. The second kappa shape index (κ2) is 6.55. The smallest absolute Gasteiger partial charge is 0.0935 e. The largest absolute Gasteiger partial charge is 0.366 e. The van der Waals surface area contributed by atoms with Crippen molar-refractivity contribution in [2.24, 2.45) is 0 Å². The van der Waals surface area contributed by atoms with E-state index in [9.17, 15) is 0 Å². The van der Waals surface area contributed by atoms with Gasteiger partial charge in [0.1, 0.15) is 0 Å². The van der Waals surface area contributed by atoms with Crippen LogP contribution in [0.25, 0.3) is 0 Å². The van der Waals surface area contributed by atoms with Gasteiger partial charge in [-0.1, -0.05) is 0 Å². The van der Waals surface area contributed by atoms with E-state index in [-0.39, 0.29) is 0 Å². The van der Waals surface area contributed by atoms with Crippen LogP contribution in [0.1, 0.15) is 18.9 Å². The quantitative estimate of drug-likeness (QED) is 0.882. The molecule has 2 heterocycles. The van der Waals surface area contributed by atoms with Crippen LogP contribution in [0.5, 0.6) is 0 Å². The molecule has 1 saturated heterocycles. The Labute approximate surface area is 115 Å². The highest BCUT2D eigenvalue weighted by Gasteiger charge is 2.17. The molecule has 4 heteroatoms. The number of hydrogen-bond donors (Lipinski definition) is 1. The number of nitrogens with one attached hydrogen (secondary N) is 1. The van der Waals surface area contributed by atoms with E-state index in [2.05, 4.69) is 47.5 Å². The minimum Gasteiger partial charge on any atom is -0.366 e. The van der Waals surface area contributed by atoms with E-state index in [0.29, 0.717) is 6.04 Å². The minimum absolute atomic E-state index is 0.690. The van der Waals surface area contributed by atoms with Gasteiger partial charge >= 0.3 is 0 Å². The first kappa shape index (κ1) is 13.8. The van der Waals surface area contributed by atoms with E-state index in [1.54, 1.807) is 0 Å². The standard InChI is InChI=1S/C14H25N3S/c1-12-5-11-18-14(12)16(3)8-4-13(2)17-9-6-15-7-10-17/h5,11,13,15H,4,6-10H2,1-3H3. The summed E-state index contributed by atoms with van der Waals surface area (Å²) in [5.74, 6) is 0. The zero-order valence-corrected chi connectivity index (χ0v) is 12.6. The van der Waals surface area contributed by atoms with Crippen molar-refractivity contribution in [1.82, 2.24) is 10.2 Å². The number of aryl methyl sites for hydroxylation is 1. The van der Waals surface area contributed by atoms with Gasteiger partial charge in [-0.05, 0) is 37.3 Å². The molecule has 0 amide bonds. The van der Waals surface area contributed by atoms with Gasteiger partial charge in [0.2, 0.25) is 0 Å². The first-order valence-electron chi connectivity index (χ1n) is 6.88. The van der Waals surface area contributed by atoms with E-state index in [1.165, 1.54) is 30.1 Å². The van der Waals surface area contributed by atoms with Gasteiger partial charge < -0.3 is 10.2 Å². The number of rotatable bonds is 5. The SMILES string of the molecule is Cc1ccsc1N(C)CCC(C)N1CCNCC1. The predicted octanol–water partition coefficient (Wildman–Crippen LogP) is 2.18. The van der Waals surface area contributed by atoms with Crippen molar-refractivity contribution in [1.29, 1.82) is 0 Å². The van der Waals surface area contributed by atoms with Crippen LogP contribution in [0.3, 0.4) is 0 Å². The Morgan fingerprint density at radius 3 is 2.78 bits per heavy atom. The van der Waals surface area contributed by atoms with Crippen molar-refractivity contribution in [3.8, 4) is 0 Å². The zero-order valence-electron chi connectivity index (χ0n) is 11.8. The average molecular weight is 267 g/mol. The molecule has 0 aromatic carbocycles. The van der Waals surface area contributed by atoms with E-state index >= 15 is 0 Å². The molecule has 1 fully saturated rings. The summed E-state index contributed by atoms with van der Waals surface area (Å²) in [5, 5.41) is 7.01. The van der Waals surface area contributed by atoms with Gasteiger partial charge in [-0.15, -0.1) is 11.3 Å². The van der Waals surface area contributed by atoms with Crippen LogP contribution in [0.4, 0.5) is 5.00 Å². The molecule has 1 aromatic heterocycles. The van der Waals surface area contributed by atoms with Crippen LogP contribution < -0.4 is 10.2 Å². The third kappa shape index (κ3) is 3.46. The Kier molecular flexibility index (Phi) is 5.03. The van der Waals surface area contributed by atoms with Crippen LogP contribution in [0.2, 0.25) is 0 Å². The Morgan fingerprint density at radius 2 is 2.17 bits per heavy atom. The highest BCUT2D eigenvalue weighted by Crippen LogP contribution is 2.26. The summed E-state index contributed by atoms with van der Waals surface area (Å²) >= 11 is 1.85. The second-order valence-electron chi connectivity index (χ2n) is 5.25. The number of nitrogens with zero attached hydrogens (tertiary/aromatic N) is 2.